The summed E-state index contributed by atoms with van der Waals surface area (Å²) in [6.07, 6.45) is -4.92. The molecule has 0 aromatic heterocycles. The molecule has 0 bridgehead atoms. The SMILES string of the molecule is CCCCN1CC(C(=O)NC(Cc2cc(F)cc(F)c2)[C@H](O)[C@H]2CN(S(=O)(=O)c3cccc(C(F)(F)F)c3)CCN2)CC1=O. The van der Waals surface area contributed by atoms with Crippen molar-refractivity contribution in [1.82, 2.24) is 19.8 Å². The maximum atomic E-state index is 14.0. The fourth-order valence-electron chi connectivity index (χ4n) is 5.51. The monoisotopic (exact) mass is 646 g/mol. The van der Waals surface area contributed by atoms with E-state index in [1.54, 1.807) is 4.90 Å². The Morgan fingerprint density at radius 2 is 1.84 bits per heavy atom. The van der Waals surface area contributed by atoms with Crippen LogP contribution in [0.4, 0.5) is 22.0 Å². The molecule has 0 radical (unpaired) electrons. The Labute approximate surface area is 252 Å². The van der Waals surface area contributed by atoms with Gasteiger partial charge in [-0.25, -0.2) is 17.2 Å². The van der Waals surface area contributed by atoms with Crippen molar-refractivity contribution < 1.29 is 45.1 Å². The summed E-state index contributed by atoms with van der Waals surface area (Å²) < 4.78 is 95.3. The Hall–Kier alpha value is -3.14. The summed E-state index contributed by atoms with van der Waals surface area (Å²) in [4.78, 5) is 26.7. The lowest BCUT2D eigenvalue weighted by Gasteiger charge is -2.38. The maximum absolute atomic E-state index is 14.0. The van der Waals surface area contributed by atoms with Crippen molar-refractivity contribution in [3.8, 4) is 0 Å². The lowest BCUT2D eigenvalue weighted by atomic mass is 9.94. The van der Waals surface area contributed by atoms with Crippen molar-refractivity contribution in [3.05, 3.63) is 65.2 Å². The molecule has 2 heterocycles. The van der Waals surface area contributed by atoms with E-state index >= 15 is 0 Å². The van der Waals surface area contributed by atoms with Gasteiger partial charge < -0.3 is 20.6 Å². The van der Waals surface area contributed by atoms with Gasteiger partial charge in [-0.15, -0.1) is 0 Å². The second kappa shape index (κ2) is 13.9. The first kappa shape index (κ1) is 33.7. The summed E-state index contributed by atoms with van der Waals surface area (Å²) in [5.74, 6) is -3.21. The Bertz CT molecular complexity index is 1440. The van der Waals surface area contributed by atoms with Crippen LogP contribution in [0.5, 0.6) is 0 Å². The van der Waals surface area contributed by atoms with Crippen molar-refractivity contribution in [2.75, 3.05) is 32.7 Å². The van der Waals surface area contributed by atoms with Gasteiger partial charge in [-0.3, -0.25) is 9.59 Å². The van der Waals surface area contributed by atoms with Gasteiger partial charge in [-0.2, -0.15) is 17.5 Å². The number of likely N-dealkylation sites (tertiary alicyclic amines) is 1. The number of amides is 2. The second-order valence-electron chi connectivity index (χ2n) is 11.1. The highest BCUT2D eigenvalue weighted by Crippen LogP contribution is 2.31. The molecule has 2 fully saturated rings. The first-order valence-corrected chi connectivity index (χ1v) is 15.7. The van der Waals surface area contributed by atoms with E-state index in [0.29, 0.717) is 18.7 Å². The molecule has 242 valence electrons. The minimum absolute atomic E-state index is 0.0265. The van der Waals surface area contributed by atoms with Gasteiger partial charge >= 0.3 is 6.18 Å². The van der Waals surface area contributed by atoms with E-state index in [4.69, 9.17) is 0 Å². The molecule has 9 nitrogen and oxygen atoms in total. The second-order valence-corrected chi connectivity index (χ2v) is 13.1. The predicted octanol–water partition coefficient (Wildman–Crippen LogP) is 2.68. The molecular weight excluding hydrogens is 611 g/mol. The van der Waals surface area contributed by atoms with Gasteiger partial charge in [-0.05, 0) is 48.7 Å². The molecule has 0 aliphatic carbocycles. The number of hydrogen-bond acceptors (Lipinski definition) is 6. The third-order valence-electron chi connectivity index (χ3n) is 7.86. The smallest absolute Gasteiger partial charge is 0.389 e. The number of piperazine rings is 1. The van der Waals surface area contributed by atoms with Crippen LogP contribution in [0.1, 0.15) is 37.3 Å². The van der Waals surface area contributed by atoms with E-state index in [-0.39, 0.29) is 50.5 Å². The standard InChI is InChI=1S/C29H35F5N4O5S/c1-2-3-8-37-16-19(13-26(37)39)28(41)36-24(12-18-10-21(30)15-22(31)11-18)27(40)25-17-38(9-7-35-25)44(42,43)23-6-4-5-20(14-23)29(32,33)34/h4-6,10-11,14-15,19,24-25,27,35,40H,2-3,7-9,12-13,16-17H2,1H3,(H,36,41)/t19?,24?,25-,27+/m1/s1. The number of aliphatic hydroxyl groups is 1. The molecule has 2 saturated heterocycles. The quantitative estimate of drug-likeness (QED) is 0.323. The summed E-state index contributed by atoms with van der Waals surface area (Å²) in [5, 5.41) is 17.1. The molecule has 2 unspecified atom stereocenters. The van der Waals surface area contributed by atoms with Gasteiger partial charge in [0.2, 0.25) is 21.8 Å². The van der Waals surface area contributed by atoms with E-state index in [9.17, 15) is 45.1 Å². The zero-order chi connectivity index (χ0) is 32.2. The minimum Gasteiger partial charge on any atom is -0.389 e. The Morgan fingerprint density at radius 3 is 2.50 bits per heavy atom. The molecule has 3 N–H and O–H groups in total. The van der Waals surface area contributed by atoms with Crippen LogP contribution in [-0.4, -0.2) is 85.5 Å². The number of nitrogens with one attached hydrogen (secondary N) is 2. The fourth-order valence-corrected chi connectivity index (χ4v) is 7.03. The van der Waals surface area contributed by atoms with Gasteiger partial charge in [0.15, 0.2) is 0 Å². The molecule has 4 rings (SSSR count). The van der Waals surface area contributed by atoms with Crippen LogP contribution in [0, 0.1) is 17.6 Å². The number of carbonyl (C=O) groups excluding carboxylic acids is 2. The lowest BCUT2D eigenvalue weighted by molar-refractivity contribution is -0.137. The van der Waals surface area contributed by atoms with E-state index < -0.39 is 68.3 Å². The number of sulfonamides is 1. The van der Waals surface area contributed by atoms with Gasteiger partial charge in [0.25, 0.3) is 0 Å². The van der Waals surface area contributed by atoms with Gasteiger partial charge in [0.05, 0.1) is 28.5 Å². The first-order valence-electron chi connectivity index (χ1n) is 14.3. The Balaban J connectivity index is 1.54. The third kappa shape index (κ3) is 8.11. The Kier molecular flexibility index (Phi) is 10.6. The van der Waals surface area contributed by atoms with Gasteiger partial charge in [-0.1, -0.05) is 19.4 Å². The lowest BCUT2D eigenvalue weighted by Crippen LogP contribution is -2.62. The number of rotatable bonds is 11. The van der Waals surface area contributed by atoms with Crippen molar-refractivity contribution in [2.24, 2.45) is 5.92 Å². The zero-order valence-electron chi connectivity index (χ0n) is 24.0. The molecule has 2 aromatic carbocycles. The topological polar surface area (TPSA) is 119 Å². The highest BCUT2D eigenvalue weighted by Gasteiger charge is 2.40. The van der Waals surface area contributed by atoms with Crippen LogP contribution in [0.25, 0.3) is 0 Å². The van der Waals surface area contributed by atoms with Crippen LogP contribution >= 0.6 is 0 Å². The number of unbranched alkanes of at least 4 members (excludes halogenated alkanes) is 1. The summed E-state index contributed by atoms with van der Waals surface area (Å²) >= 11 is 0. The normalized spacial score (nSPS) is 21.3. The first-order chi connectivity index (χ1) is 20.7. The van der Waals surface area contributed by atoms with Crippen LogP contribution in [0.3, 0.4) is 0 Å². The molecule has 4 atom stereocenters. The highest BCUT2D eigenvalue weighted by atomic mass is 32.2. The molecule has 2 aromatic rings. The molecule has 44 heavy (non-hydrogen) atoms. The Morgan fingerprint density at radius 1 is 1.14 bits per heavy atom. The largest absolute Gasteiger partial charge is 0.416 e. The number of nitrogens with zero attached hydrogens (tertiary/aromatic N) is 2. The molecular formula is C29H35F5N4O5S. The summed E-state index contributed by atoms with van der Waals surface area (Å²) in [7, 11) is -4.41. The van der Waals surface area contributed by atoms with E-state index in [2.05, 4.69) is 10.6 Å². The molecule has 0 saturated carbocycles. The van der Waals surface area contributed by atoms with Gasteiger partial charge in [0, 0.05) is 51.3 Å². The molecule has 2 amide bonds. The number of halogens is 5. The van der Waals surface area contributed by atoms with E-state index in [0.717, 1.165) is 47.5 Å². The highest BCUT2D eigenvalue weighted by molar-refractivity contribution is 7.89. The summed E-state index contributed by atoms with van der Waals surface area (Å²) in [6, 6.07) is 3.90. The number of hydrogen-bond donors (Lipinski definition) is 3. The molecule has 2 aliphatic rings. The summed E-state index contributed by atoms with van der Waals surface area (Å²) in [6.45, 7) is 2.20. The number of carbonyl (C=O) groups is 2. The van der Waals surface area contributed by atoms with Crippen molar-refractivity contribution in [1.29, 1.82) is 0 Å². The number of benzene rings is 2. The molecule has 15 heteroatoms. The van der Waals surface area contributed by atoms with E-state index in [1.807, 2.05) is 6.92 Å². The van der Waals surface area contributed by atoms with Crippen LogP contribution in [0.2, 0.25) is 0 Å². The van der Waals surface area contributed by atoms with Gasteiger partial charge in [0.1, 0.15) is 11.6 Å². The maximum Gasteiger partial charge on any atom is 0.416 e. The molecule has 0 spiro atoms. The van der Waals surface area contributed by atoms with Crippen LogP contribution in [-0.2, 0) is 32.2 Å². The number of alkyl halides is 3. The van der Waals surface area contributed by atoms with Crippen molar-refractivity contribution in [3.63, 3.8) is 0 Å². The van der Waals surface area contributed by atoms with E-state index in [1.165, 1.54) is 0 Å². The average molecular weight is 647 g/mol. The average Bonchev–Trinajstić information content (AvgIpc) is 3.34. The summed E-state index contributed by atoms with van der Waals surface area (Å²) in [5.41, 5.74) is -1.02. The van der Waals surface area contributed by atoms with Crippen LogP contribution in [0.15, 0.2) is 47.4 Å². The predicted molar refractivity (Wildman–Crippen MR) is 150 cm³/mol. The van der Waals surface area contributed by atoms with Crippen LogP contribution < -0.4 is 10.6 Å². The number of aliphatic hydroxyl groups excluding tert-OH is 1. The minimum atomic E-state index is -4.76. The van der Waals surface area contributed by atoms with Crippen molar-refractivity contribution >= 4 is 21.8 Å². The van der Waals surface area contributed by atoms with Crippen molar-refractivity contribution in [2.45, 2.75) is 61.9 Å². The zero-order valence-corrected chi connectivity index (χ0v) is 24.8. The molecule has 2 aliphatic heterocycles. The fraction of sp³-hybridized carbons (Fsp3) is 0.517. The third-order valence-corrected chi connectivity index (χ3v) is 9.73.